The van der Waals surface area contributed by atoms with Crippen LogP contribution in [0.4, 0.5) is 10.5 Å². The lowest BCUT2D eigenvalue weighted by Crippen LogP contribution is -2.40. The van der Waals surface area contributed by atoms with E-state index >= 15 is 0 Å². The van der Waals surface area contributed by atoms with E-state index in [1.54, 1.807) is 18.2 Å². The van der Waals surface area contributed by atoms with Gasteiger partial charge in [0.2, 0.25) is 0 Å². The van der Waals surface area contributed by atoms with Crippen LogP contribution in [0.25, 0.3) is 11.1 Å². The first-order valence-electron chi connectivity index (χ1n) is 14.3. The van der Waals surface area contributed by atoms with Crippen LogP contribution in [0.2, 0.25) is 18.1 Å². The molecule has 222 valence electrons. The Morgan fingerprint density at radius 3 is 2.12 bits per heavy atom. The fourth-order valence-corrected chi connectivity index (χ4v) is 5.28. The highest BCUT2D eigenvalue weighted by Crippen LogP contribution is 2.37. The number of carbonyl (C=O) groups excluding carboxylic acids is 1. The Balaban J connectivity index is 1.96. The molecule has 0 aliphatic rings. The van der Waals surface area contributed by atoms with Gasteiger partial charge in [0, 0.05) is 23.0 Å². The van der Waals surface area contributed by atoms with Crippen LogP contribution in [0.5, 0.6) is 5.75 Å². The lowest BCUT2D eigenvalue weighted by molar-refractivity contribution is 0.0577. The molecule has 1 aromatic heterocycles. The number of methoxy groups -OCH3 is 1. The van der Waals surface area contributed by atoms with Crippen molar-refractivity contribution in [2.45, 2.75) is 99.2 Å². The zero-order valence-corrected chi connectivity index (χ0v) is 28.1. The van der Waals surface area contributed by atoms with E-state index in [1.165, 1.54) is 0 Å². The summed E-state index contributed by atoms with van der Waals surface area (Å²) in [5.74, 6) is 0.779. The van der Waals surface area contributed by atoms with Gasteiger partial charge >= 0.3 is 6.09 Å². The van der Waals surface area contributed by atoms with E-state index < -0.39 is 20.0 Å². The van der Waals surface area contributed by atoms with Gasteiger partial charge in [-0.15, -0.1) is 0 Å². The van der Waals surface area contributed by atoms with Crippen LogP contribution in [0, 0.1) is 20.8 Å². The van der Waals surface area contributed by atoms with E-state index in [4.69, 9.17) is 13.9 Å². The number of aromatic nitrogens is 1. The first-order valence-corrected chi connectivity index (χ1v) is 17.2. The molecule has 1 amide bonds. The quantitative estimate of drug-likeness (QED) is 0.250. The monoisotopic (exact) mass is 576 g/mol. The minimum atomic E-state index is -1.83. The summed E-state index contributed by atoms with van der Waals surface area (Å²) >= 11 is 0. The highest BCUT2D eigenvalue weighted by molar-refractivity contribution is 6.74. The maximum atomic E-state index is 13.6. The molecule has 0 spiro atoms. The number of aryl methyl sites for hydroxylation is 2. The molecule has 41 heavy (non-hydrogen) atoms. The highest BCUT2D eigenvalue weighted by Gasteiger charge is 2.37. The van der Waals surface area contributed by atoms with Crippen LogP contribution < -0.4 is 9.64 Å². The van der Waals surface area contributed by atoms with E-state index in [0.717, 1.165) is 50.5 Å². The van der Waals surface area contributed by atoms with Crippen molar-refractivity contribution in [1.82, 2.24) is 4.98 Å². The van der Waals surface area contributed by atoms with Crippen molar-refractivity contribution in [2.24, 2.45) is 0 Å². The molecule has 0 aliphatic heterocycles. The predicted molar refractivity (Wildman–Crippen MR) is 171 cm³/mol. The molecule has 0 aliphatic carbocycles. The summed E-state index contributed by atoms with van der Waals surface area (Å²) in [4.78, 5) is 19.9. The molecule has 7 heteroatoms. The molecule has 0 fully saturated rings. The molecule has 0 N–H and O–H groups in total. The Kier molecular flexibility index (Phi) is 9.76. The van der Waals surface area contributed by atoms with Crippen LogP contribution >= 0.6 is 0 Å². The van der Waals surface area contributed by atoms with Crippen molar-refractivity contribution in [3.05, 3.63) is 76.6 Å². The number of amides is 1. The van der Waals surface area contributed by atoms with E-state index in [1.807, 2.05) is 53.7 Å². The van der Waals surface area contributed by atoms with Crippen molar-refractivity contribution < 1.29 is 18.7 Å². The molecular formula is C34H48N2O4Si. The molecule has 1 heterocycles. The number of ether oxygens (including phenoxy) is 2. The zero-order chi connectivity index (χ0) is 30.8. The van der Waals surface area contributed by atoms with Crippen LogP contribution in [0.3, 0.4) is 0 Å². The average molecular weight is 577 g/mol. The van der Waals surface area contributed by atoms with Crippen molar-refractivity contribution in [3.8, 4) is 16.9 Å². The summed E-state index contributed by atoms with van der Waals surface area (Å²) in [5, 5.41) is 0.169. The van der Waals surface area contributed by atoms with E-state index in [-0.39, 0.29) is 11.6 Å². The van der Waals surface area contributed by atoms with Crippen molar-refractivity contribution >= 4 is 20.1 Å². The number of rotatable bonds is 8. The second-order valence-electron chi connectivity index (χ2n) is 13.4. The molecule has 6 nitrogen and oxygen atoms in total. The average Bonchev–Trinajstić information content (AvgIpc) is 2.85. The molecule has 2 aromatic carbocycles. The Morgan fingerprint density at radius 2 is 1.56 bits per heavy atom. The van der Waals surface area contributed by atoms with Gasteiger partial charge in [0.15, 0.2) is 8.32 Å². The molecule has 0 atom stereocenters. The SMILES string of the molecule is COc1c(C)cnc(CN(C(=O)OC(C)(C)C)c2cc(C)cc(-c3ccc(CO[Si](C)(C)C(C)(C)C)cc3)c2)c1C. The summed E-state index contributed by atoms with van der Waals surface area (Å²) in [5.41, 5.74) is 7.01. The molecule has 3 rings (SSSR count). The Bertz CT molecular complexity index is 1370. The van der Waals surface area contributed by atoms with Crippen LogP contribution in [0.15, 0.2) is 48.7 Å². The van der Waals surface area contributed by atoms with Gasteiger partial charge in [0.25, 0.3) is 0 Å². The van der Waals surface area contributed by atoms with E-state index in [0.29, 0.717) is 6.61 Å². The predicted octanol–water partition coefficient (Wildman–Crippen LogP) is 9.15. The number of hydrogen-bond acceptors (Lipinski definition) is 5. The minimum Gasteiger partial charge on any atom is -0.496 e. The van der Waals surface area contributed by atoms with Gasteiger partial charge in [-0.25, -0.2) is 4.79 Å². The number of nitrogens with zero attached hydrogens (tertiary/aromatic N) is 2. The van der Waals surface area contributed by atoms with Gasteiger partial charge in [-0.05, 0) is 94.1 Å². The van der Waals surface area contributed by atoms with Gasteiger partial charge in [-0.1, -0.05) is 51.1 Å². The Hall–Kier alpha value is -3.16. The minimum absolute atomic E-state index is 0.169. The van der Waals surface area contributed by atoms with Gasteiger partial charge in [0.05, 0.1) is 26.0 Å². The molecule has 0 unspecified atom stereocenters. The van der Waals surface area contributed by atoms with Crippen LogP contribution in [-0.2, 0) is 22.3 Å². The molecule has 0 radical (unpaired) electrons. The molecular weight excluding hydrogens is 528 g/mol. The van der Waals surface area contributed by atoms with Gasteiger partial charge in [-0.3, -0.25) is 9.88 Å². The topological polar surface area (TPSA) is 60.9 Å². The zero-order valence-electron chi connectivity index (χ0n) is 27.1. The van der Waals surface area contributed by atoms with Crippen molar-refractivity contribution in [1.29, 1.82) is 0 Å². The Morgan fingerprint density at radius 1 is 0.927 bits per heavy atom. The smallest absolute Gasteiger partial charge is 0.415 e. The van der Waals surface area contributed by atoms with Crippen molar-refractivity contribution in [3.63, 3.8) is 0 Å². The fourth-order valence-electron chi connectivity index (χ4n) is 4.32. The van der Waals surface area contributed by atoms with Gasteiger partial charge < -0.3 is 13.9 Å². The maximum absolute atomic E-state index is 13.6. The third kappa shape index (κ3) is 8.20. The standard InChI is InChI=1S/C34H48N2O4Si/c1-23-17-28(27-15-13-26(14-16-27)22-39-41(11,12)34(7,8)9)19-29(18-23)36(32(37)40-33(4,5)6)21-30-25(3)31(38-10)24(2)20-35-30/h13-20H,21-22H2,1-12H3. The normalized spacial score (nSPS) is 12.3. The second kappa shape index (κ2) is 12.4. The molecule has 3 aromatic rings. The number of pyridine rings is 1. The van der Waals surface area contributed by atoms with Crippen LogP contribution in [0.1, 0.15) is 69.5 Å². The maximum Gasteiger partial charge on any atom is 0.415 e. The highest BCUT2D eigenvalue weighted by atomic mass is 28.4. The Labute approximate surface area is 248 Å². The molecule has 0 bridgehead atoms. The summed E-state index contributed by atoms with van der Waals surface area (Å²) in [7, 11) is -0.174. The third-order valence-electron chi connectivity index (χ3n) is 7.74. The molecule has 0 saturated heterocycles. The number of carbonyl (C=O) groups is 1. The summed E-state index contributed by atoms with van der Waals surface area (Å²) in [6, 6.07) is 14.7. The van der Waals surface area contributed by atoms with Crippen molar-refractivity contribution in [2.75, 3.05) is 12.0 Å². The van der Waals surface area contributed by atoms with Crippen LogP contribution in [-0.4, -0.2) is 32.1 Å². The van der Waals surface area contributed by atoms with Gasteiger partial charge in [0.1, 0.15) is 11.4 Å². The number of benzene rings is 2. The van der Waals surface area contributed by atoms with E-state index in [9.17, 15) is 4.79 Å². The van der Waals surface area contributed by atoms with Gasteiger partial charge in [-0.2, -0.15) is 0 Å². The van der Waals surface area contributed by atoms with E-state index in [2.05, 4.69) is 69.2 Å². The summed E-state index contributed by atoms with van der Waals surface area (Å²) in [6.45, 7) is 23.8. The first kappa shape index (κ1) is 32.4. The first-order chi connectivity index (χ1) is 18.9. The number of hydrogen-bond donors (Lipinski definition) is 0. The largest absolute Gasteiger partial charge is 0.496 e. The number of anilines is 1. The molecule has 0 saturated carbocycles. The summed E-state index contributed by atoms with van der Waals surface area (Å²) in [6.07, 6.45) is 1.36. The lowest BCUT2D eigenvalue weighted by atomic mass is 10.0. The second-order valence-corrected chi connectivity index (χ2v) is 18.2. The summed E-state index contributed by atoms with van der Waals surface area (Å²) < 4.78 is 17.9. The third-order valence-corrected chi connectivity index (χ3v) is 12.2. The lowest BCUT2D eigenvalue weighted by Gasteiger charge is -2.36. The fraction of sp³-hybridized carbons (Fsp3) is 0.471.